The van der Waals surface area contributed by atoms with Gasteiger partial charge < -0.3 is 10.0 Å². The van der Waals surface area contributed by atoms with E-state index in [1.807, 2.05) is 0 Å². The highest BCUT2D eigenvalue weighted by atomic mass is 32.1. The number of carboxylic acids is 1. The molecule has 0 aromatic carbocycles. The molecule has 1 heterocycles. The van der Waals surface area contributed by atoms with E-state index in [9.17, 15) is 9.59 Å². The molecule has 0 aromatic heterocycles. The predicted molar refractivity (Wildman–Crippen MR) is 55.5 cm³/mol. The van der Waals surface area contributed by atoms with Crippen LogP contribution in [-0.2, 0) is 9.59 Å². The second-order valence-corrected chi connectivity index (χ2v) is 3.86. The Morgan fingerprint density at radius 3 is 2.79 bits per heavy atom. The molecular weight excluding hydrogens is 202 g/mol. The maximum atomic E-state index is 11.5. The van der Waals surface area contributed by atoms with Gasteiger partial charge in [0.25, 0.3) is 0 Å². The number of carbonyl (C=O) groups is 2. The van der Waals surface area contributed by atoms with Crippen molar-refractivity contribution in [2.75, 3.05) is 12.3 Å². The first kappa shape index (κ1) is 11.4. The van der Waals surface area contributed by atoms with Gasteiger partial charge in [-0.3, -0.25) is 4.79 Å². The summed E-state index contributed by atoms with van der Waals surface area (Å²) in [6.45, 7) is 0.586. The molecule has 5 heteroatoms. The van der Waals surface area contributed by atoms with Crippen LogP contribution in [-0.4, -0.2) is 40.2 Å². The van der Waals surface area contributed by atoms with Crippen molar-refractivity contribution < 1.29 is 14.7 Å². The van der Waals surface area contributed by atoms with Crippen molar-refractivity contribution in [2.45, 2.75) is 31.7 Å². The van der Waals surface area contributed by atoms with Gasteiger partial charge in [-0.05, 0) is 25.0 Å². The molecule has 0 aliphatic carbocycles. The van der Waals surface area contributed by atoms with Crippen molar-refractivity contribution in [3.63, 3.8) is 0 Å². The molecule has 1 amide bonds. The third-order valence-electron chi connectivity index (χ3n) is 2.41. The lowest BCUT2D eigenvalue weighted by Crippen LogP contribution is -2.40. The number of likely N-dealkylation sites (tertiary alicyclic amines) is 1. The molecule has 1 saturated heterocycles. The topological polar surface area (TPSA) is 57.6 Å². The number of rotatable bonds is 4. The third-order valence-corrected chi connectivity index (χ3v) is 2.72. The molecule has 0 spiro atoms. The van der Waals surface area contributed by atoms with Crippen LogP contribution in [0.25, 0.3) is 0 Å². The van der Waals surface area contributed by atoms with Gasteiger partial charge in [-0.2, -0.15) is 12.6 Å². The Hall–Kier alpha value is -0.710. The summed E-state index contributed by atoms with van der Waals surface area (Å²) in [6.07, 6.45) is 2.50. The zero-order valence-corrected chi connectivity index (χ0v) is 8.87. The Bertz CT molecular complexity index is 232. The molecule has 0 bridgehead atoms. The zero-order chi connectivity index (χ0) is 10.6. The van der Waals surface area contributed by atoms with Crippen LogP contribution in [0.4, 0.5) is 0 Å². The fraction of sp³-hybridized carbons (Fsp3) is 0.778. The van der Waals surface area contributed by atoms with E-state index in [1.54, 1.807) is 0 Å². The lowest BCUT2D eigenvalue weighted by atomic mass is 10.2. The van der Waals surface area contributed by atoms with Crippen molar-refractivity contribution in [3.05, 3.63) is 0 Å². The normalized spacial score (nSPS) is 21.2. The Labute approximate surface area is 88.7 Å². The molecule has 1 fully saturated rings. The van der Waals surface area contributed by atoms with E-state index < -0.39 is 12.0 Å². The van der Waals surface area contributed by atoms with E-state index in [0.29, 0.717) is 31.6 Å². The summed E-state index contributed by atoms with van der Waals surface area (Å²) >= 11 is 4.01. The maximum absolute atomic E-state index is 11.5. The minimum absolute atomic E-state index is 0.0519. The molecule has 1 aliphatic heterocycles. The second-order valence-electron chi connectivity index (χ2n) is 3.41. The standard InChI is InChI=1S/C9H15NO3S/c11-8(4-2-6-14)10-5-1-3-7(10)9(12)13/h7,14H,1-6H2,(H,12,13)/t7-/m1/s1. The number of carboxylic acid groups (broad SMARTS) is 1. The molecule has 14 heavy (non-hydrogen) atoms. The second kappa shape index (κ2) is 5.24. The lowest BCUT2D eigenvalue weighted by Gasteiger charge is -2.21. The highest BCUT2D eigenvalue weighted by Gasteiger charge is 2.33. The number of carbonyl (C=O) groups excluding carboxylic acids is 1. The van der Waals surface area contributed by atoms with E-state index in [0.717, 1.165) is 6.42 Å². The number of thiol groups is 1. The molecule has 1 atom stereocenters. The maximum Gasteiger partial charge on any atom is 0.326 e. The summed E-state index contributed by atoms with van der Waals surface area (Å²) in [4.78, 5) is 23.8. The van der Waals surface area contributed by atoms with Crippen molar-refractivity contribution in [1.29, 1.82) is 0 Å². The summed E-state index contributed by atoms with van der Waals surface area (Å²) in [5, 5.41) is 8.85. The van der Waals surface area contributed by atoms with Crippen LogP contribution in [0.3, 0.4) is 0 Å². The minimum atomic E-state index is -0.887. The van der Waals surface area contributed by atoms with Crippen molar-refractivity contribution >= 4 is 24.5 Å². The van der Waals surface area contributed by atoms with Gasteiger partial charge in [0.05, 0.1) is 0 Å². The van der Waals surface area contributed by atoms with Crippen molar-refractivity contribution in [1.82, 2.24) is 4.90 Å². The first-order valence-corrected chi connectivity index (χ1v) is 5.43. The van der Waals surface area contributed by atoms with E-state index in [4.69, 9.17) is 5.11 Å². The Balaban J connectivity index is 2.49. The smallest absolute Gasteiger partial charge is 0.326 e. The molecular formula is C9H15NO3S. The van der Waals surface area contributed by atoms with Gasteiger partial charge in [0.2, 0.25) is 5.91 Å². The summed E-state index contributed by atoms with van der Waals surface area (Å²) in [6, 6.07) is -0.595. The van der Waals surface area contributed by atoms with Gasteiger partial charge >= 0.3 is 5.97 Å². The highest BCUT2D eigenvalue weighted by Crippen LogP contribution is 2.18. The first-order chi connectivity index (χ1) is 6.66. The molecule has 0 aromatic rings. The van der Waals surface area contributed by atoms with Crippen LogP contribution in [0.2, 0.25) is 0 Å². The van der Waals surface area contributed by atoms with Gasteiger partial charge in [-0.25, -0.2) is 4.79 Å². The molecule has 1 N–H and O–H groups in total. The Morgan fingerprint density at radius 2 is 2.21 bits per heavy atom. The number of aliphatic carboxylic acids is 1. The van der Waals surface area contributed by atoms with Crippen LogP contribution in [0.15, 0.2) is 0 Å². The highest BCUT2D eigenvalue weighted by molar-refractivity contribution is 7.80. The summed E-state index contributed by atoms with van der Waals surface area (Å²) in [7, 11) is 0. The zero-order valence-electron chi connectivity index (χ0n) is 7.98. The van der Waals surface area contributed by atoms with E-state index in [1.165, 1.54) is 4.90 Å². The SMILES string of the molecule is O=C(O)[C@H]1CCCN1C(=O)CCCS. The minimum Gasteiger partial charge on any atom is -0.480 e. The molecule has 1 rings (SSSR count). The predicted octanol–water partition coefficient (Wildman–Crippen LogP) is 0.772. The molecule has 80 valence electrons. The Morgan fingerprint density at radius 1 is 1.50 bits per heavy atom. The van der Waals surface area contributed by atoms with Crippen LogP contribution in [0.1, 0.15) is 25.7 Å². The number of amides is 1. The quantitative estimate of drug-likeness (QED) is 0.684. The van der Waals surface area contributed by atoms with Crippen LogP contribution in [0, 0.1) is 0 Å². The molecule has 1 aliphatic rings. The monoisotopic (exact) mass is 217 g/mol. The molecule has 0 radical (unpaired) electrons. The Kier molecular flexibility index (Phi) is 4.25. The average molecular weight is 217 g/mol. The van der Waals surface area contributed by atoms with E-state index >= 15 is 0 Å². The molecule has 4 nitrogen and oxygen atoms in total. The summed E-state index contributed by atoms with van der Waals surface area (Å²) < 4.78 is 0. The van der Waals surface area contributed by atoms with Gasteiger partial charge in [-0.1, -0.05) is 0 Å². The van der Waals surface area contributed by atoms with Gasteiger partial charge in [-0.15, -0.1) is 0 Å². The first-order valence-electron chi connectivity index (χ1n) is 4.80. The largest absolute Gasteiger partial charge is 0.480 e. The van der Waals surface area contributed by atoms with Crippen LogP contribution >= 0.6 is 12.6 Å². The number of hydrogen-bond acceptors (Lipinski definition) is 3. The van der Waals surface area contributed by atoms with Crippen LogP contribution < -0.4 is 0 Å². The average Bonchev–Trinajstić information content (AvgIpc) is 2.62. The molecule has 0 unspecified atom stereocenters. The summed E-state index contributed by atoms with van der Waals surface area (Å²) in [5.74, 6) is -0.275. The fourth-order valence-corrected chi connectivity index (χ4v) is 1.85. The van der Waals surface area contributed by atoms with Gasteiger partial charge in [0.1, 0.15) is 6.04 Å². The van der Waals surface area contributed by atoms with E-state index in [2.05, 4.69) is 12.6 Å². The van der Waals surface area contributed by atoms with Gasteiger partial charge in [0.15, 0.2) is 0 Å². The number of nitrogens with zero attached hydrogens (tertiary/aromatic N) is 1. The van der Waals surface area contributed by atoms with E-state index in [-0.39, 0.29) is 5.91 Å². The van der Waals surface area contributed by atoms with Crippen LogP contribution in [0.5, 0.6) is 0 Å². The van der Waals surface area contributed by atoms with Crippen molar-refractivity contribution in [3.8, 4) is 0 Å². The summed E-state index contributed by atoms with van der Waals surface area (Å²) in [5.41, 5.74) is 0. The van der Waals surface area contributed by atoms with Gasteiger partial charge in [0, 0.05) is 13.0 Å². The lowest BCUT2D eigenvalue weighted by molar-refractivity contribution is -0.148. The molecule has 0 saturated carbocycles. The van der Waals surface area contributed by atoms with Crippen molar-refractivity contribution in [2.24, 2.45) is 0 Å². The fourth-order valence-electron chi connectivity index (χ4n) is 1.70. The third kappa shape index (κ3) is 2.64. The number of hydrogen-bond donors (Lipinski definition) is 2.